The number of aliphatic hydroxyl groups excluding tert-OH is 1. The van der Waals surface area contributed by atoms with E-state index < -0.39 is 0 Å². The lowest BCUT2D eigenvalue weighted by atomic mass is 9.98. The molecule has 2 heteroatoms. The molecule has 0 unspecified atom stereocenters. The zero-order valence-corrected chi connectivity index (χ0v) is 8.71. The molecule has 0 aliphatic heterocycles. The summed E-state index contributed by atoms with van der Waals surface area (Å²) >= 11 is 3.38. The van der Waals surface area contributed by atoms with Crippen LogP contribution < -0.4 is 0 Å². The SMILES string of the molecule is CC[C@@H](CO)c1ccc(Br)cc1. The third-order valence-electron chi connectivity index (χ3n) is 2.05. The van der Waals surface area contributed by atoms with Gasteiger partial charge in [-0.3, -0.25) is 0 Å². The molecule has 0 heterocycles. The minimum absolute atomic E-state index is 0.234. The van der Waals surface area contributed by atoms with Gasteiger partial charge in [0.05, 0.1) is 0 Å². The van der Waals surface area contributed by atoms with Gasteiger partial charge in [-0.05, 0) is 24.1 Å². The van der Waals surface area contributed by atoms with Gasteiger partial charge < -0.3 is 5.11 Å². The summed E-state index contributed by atoms with van der Waals surface area (Å²) in [6.45, 7) is 2.32. The third kappa shape index (κ3) is 2.32. The zero-order chi connectivity index (χ0) is 8.97. The van der Waals surface area contributed by atoms with Crippen LogP contribution in [0.15, 0.2) is 28.7 Å². The van der Waals surface area contributed by atoms with Crippen molar-refractivity contribution in [1.29, 1.82) is 0 Å². The number of rotatable bonds is 3. The summed E-state index contributed by atoms with van der Waals surface area (Å²) in [5.74, 6) is 0.290. The van der Waals surface area contributed by atoms with Crippen molar-refractivity contribution >= 4 is 15.9 Å². The maximum atomic E-state index is 9.04. The lowest BCUT2D eigenvalue weighted by Crippen LogP contribution is -2.01. The van der Waals surface area contributed by atoms with Gasteiger partial charge in [-0.25, -0.2) is 0 Å². The Morgan fingerprint density at radius 2 is 1.92 bits per heavy atom. The van der Waals surface area contributed by atoms with Crippen LogP contribution in [0.4, 0.5) is 0 Å². The van der Waals surface area contributed by atoms with E-state index in [1.165, 1.54) is 5.56 Å². The Kier molecular flexibility index (Phi) is 3.76. The first kappa shape index (κ1) is 9.75. The van der Waals surface area contributed by atoms with E-state index >= 15 is 0 Å². The van der Waals surface area contributed by atoms with E-state index in [0.717, 1.165) is 10.9 Å². The molecule has 1 N–H and O–H groups in total. The van der Waals surface area contributed by atoms with E-state index in [1.807, 2.05) is 12.1 Å². The first-order valence-corrected chi connectivity index (χ1v) is 4.93. The van der Waals surface area contributed by atoms with Crippen LogP contribution >= 0.6 is 15.9 Å². The Bertz CT molecular complexity index is 226. The van der Waals surface area contributed by atoms with Gasteiger partial charge in [-0.2, -0.15) is 0 Å². The molecule has 0 saturated heterocycles. The van der Waals surface area contributed by atoms with Crippen molar-refractivity contribution < 1.29 is 5.11 Å². The summed E-state index contributed by atoms with van der Waals surface area (Å²) in [7, 11) is 0. The summed E-state index contributed by atoms with van der Waals surface area (Å²) in [6.07, 6.45) is 0.984. The van der Waals surface area contributed by atoms with Crippen molar-refractivity contribution in [2.75, 3.05) is 6.61 Å². The van der Waals surface area contributed by atoms with Crippen molar-refractivity contribution in [3.8, 4) is 0 Å². The van der Waals surface area contributed by atoms with Crippen molar-refractivity contribution in [2.45, 2.75) is 19.3 Å². The molecule has 0 bridgehead atoms. The fourth-order valence-electron chi connectivity index (χ4n) is 1.21. The maximum absolute atomic E-state index is 9.04. The molecule has 0 amide bonds. The Morgan fingerprint density at radius 3 is 2.33 bits per heavy atom. The second-order valence-electron chi connectivity index (χ2n) is 2.84. The van der Waals surface area contributed by atoms with Gasteiger partial charge in [0.15, 0.2) is 0 Å². The van der Waals surface area contributed by atoms with Gasteiger partial charge in [0.2, 0.25) is 0 Å². The van der Waals surface area contributed by atoms with Crippen molar-refractivity contribution in [3.05, 3.63) is 34.3 Å². The second-order valence-corrected chi connectivity index (χ2v) is 3.75. The molecule has 12 heavy (non-hydrogen) atoms. The van der Waals surface area contributed by atoms with Crippen LogP contribution in [0, 0.1) is 0 Å². The maximum Gasteiger partial charge on any atom is 0.0499 e. The second kappa shape index (κ2) is 4.63. The molecule has 0 spiro atoms. The van der Waals surface area contributed by atoms with Crippen molar-refractivity contribution in [3.63, 3.8) is 0 Å². The highest BCUT2D eigenvalue weighted by atomic mass is 79.9. The van der Waals surface area contributed by atoms with Gasteiger partial charge in [0.25, 0.3) is 0 Å². The molecule has 0 radical (unpaired) electrons. The molecule has 0 saturated carbocycles. The molecule has 66 valence electrons. The number of hydrogen-bond acceptors (Lipinski definition) is 1. The monoisotopic (exact) mass is 228 g/mol. The molecule has 1 rings (SSSR count). The lowest BCUT2D eigenvalue weighted by Gasteiger charge is -2.11. The van der Waals surface area contributed by atoms with E-state index in [-0.39, 0.29) is 12.5 Å². The van der Waals surface area contributed by atoms with Crippen LogP contribution in [0.2, 0.25) is 0 Å². The Balaban J connectivity index is 2.80. The van der Waals surface area contributed by atoms with Crippen LogP contribution in [-0.4, -0.2) is 11.7 Å². The molecule has 1 aromatic rings. The summed E-state index contributed by atoms with van der Waals surface area (Å²) < 4.78 is 1.08. The van der Waals surface area contributed by atoms with Crippen LogP contribution in [0.5, 0.6) is 0 Å². The van der Waals surface area contributed by atoms with E-state index in [9.17, 15) is 0 Å². The minimum atomic E-state index is 0.234. The van der Waals surface area contributed by atoms with Gasteiger partial charge in [-0.15, -0.1) is 0 Å². The summed E-state index contributed by atoms with van der Waals surface area (Å²) in [4.78, 5) is 0. The molecule has 1 atom stereocenters. The molecule has 0 aromatic heterocycles. The highest BCUT2D eigenvalue weighted by molar-refractivity contribution is 9.10. The predicted octanol–water partition coefficient (Wildman–Crippen LogP) is 2.94. The van der Waals surface area contributed by atoms with E-state index in [0.29, 0.717) is 0 Å². The molecule has 1 aromatic carbocycles. The molecule has 0 aliphatic rings. The molecular weight excluding hydrogens is 216 g/mol. The summed E-state index contributed by atoms with van der Waals surface area (Å²) in [6, 6.07) is 8.12. The smallest absolute Gasteiger partial charge is 0.0499 e. The lowest BCUT2D eigenvalue weighted by molar-refractivity contribution is 0.262. The van der Waals surface area contributed by atoms with Crippen LogP contribution in [0.25, 0.3) is 0 Å². The van der Waals surface area contributed by atoms with Crippen molar-refractivity contribution in [2.24, 2.45) is 0 Å². The van der Waals surface area contributed by atoms with Gasteiger partial charge in [0, 0.05) is 17.0 Å². The first-order valence-electron chi connectivity index (χ1n) is 4.14. The standard InChI is InChI=1S/C10H13BrO/c1-2-8(7-12)9-3-5-10(11)6-4-9/h3-6,8,12H,2,7H2,1H3/t8-/m0/s1. The van der Waals surface area contributed by atoms with E-state index in [2.05, 4.69) is 35.0 Å². The van der Waals surface area contributed by atoms with Gasteiger partial charge in [0.1, 0.15) is 0 Å². The van der Waals surface area contributed by atoms with Crippen molar-refractivity contribution in [1.82, 2.24) is 0 Å². The normalized spacial score (nSPS) is 12.9. The van der Waals surface area contributed by atoms with Gasteiger partial charge >= 0.3 is 0 Å². The third-order valence-corrected chi connectivity index (χ3v) is 2.58. The summed E-state index contributed by atoms with van der Waals surface area (Å²) in [5, 5.41) is 9.04. The first-order chi connectivity index (χ1) is 5.77. The Morgan fingerprint density at radius 1 is 1.33 bits per heavy atom. The fourth-order valence-corrected chi connectivity index (χ4v) is 1.47. The van der Waals surface area contributed by atoms with E-state index in [1.54, 1.807) is 0 Å². The number of halogens is 1. The summed E-state index contributed by atoms with van der Waals surface area (Å²) in [5.41, 5.74) is 1.21. The Labute approximate surface area is 81.6 Å². The largest absolute Gasteiger partial charge is 0.396 e. The Hall–Kier alpha value is -0.340. The topological polar surface area (TPSA) is 20.2 Å². The minimum Gasteiger partial charge on any atom is -0.396 e. The quantitative estimate of drug-likeness (QED) is 0.844. The molecular formula is C10H13BrO. The number of aliphatic hydroxyl groups is 1. The van der Waals surface area contributed by atoms with Gasteiger partial charge in [-0.1, -0.05) is 35.0 Å². The molecule has 0 aliphatic carbocycles. The number of hydrogen-bond donors (Lipinski definition) is 1. The van der Waals surface area contributed by atoms with Crippen LogP contribution in [0.1, 0.15) is 24.8 Å². The molecule has 1 nitrogen and oxygen atoms in total. The van der Waals surface area contributed by atoms with Crippen LogP contribution in [0.3, 0.4) is 0 Å². The molecule has 0 fully saturated rings. The highest BCUT2D eigenvalue weighted by Crippen LogP contribution is 2.20. The highest BCUT2D eigenvalue weighted by Gasteiger charge is 2.06. The zero-order valence-electron chi connectivity index (χ0n) is 7.13. The average Bonchev–Trinajstić information content (AvgIpc) is 2.10. The predicted molar refractivity (Wildman–Crippen MR) is 54.3 cm³/mol. The number of benzene rings is 1. The van der Waals surface area contributed by atoms with E-state index in [4.69, 9.17) is 5.11 Å². The fraction of sp³-hybridized carbons (Fsp3) is 0.400. The van der Waals surface area contributed by atoms with Crippen LogP contribution in [-0.2, 0) is 0 Å². The average molecular weight is 229 g/mol.